The van der Waals surface area contributed by atoms with Gasteiger partial charge in [-0.3, -0.25) is 10.4 Å². The third-order valence-electron chi connectivity index (χ3n) is 1.24. The molecule has 0 fully saturated rings. The maximum atomic E-state index is 7.06. The van der Waals surface area contributed by atoms with Crippen LogP contribution in [0.1, 0.15) is 5.56 Å². The molecule has 1 aromatic heterocycles. The Morgan fingerprint density at radius 1 is 1.73 bits per heavy atom. The van der Waals surface area contributed by atoms with Gasteiger partial charge in [-0.25, -0.2) is 0 Å². The molecule has 1 heterocycles. The molecule has 0 amide bonds. The lowest BCUT2D eigenvalue weighted by molar-refractivity contribution is 1.19. The lowest BCUT2D eigenvalue weighted by Crippen LogP contribution is -2.12. The molecule has 0 radical (unpaired) electrons. The average Bonchev–Trinajstić information content (AvgIpc) is 1.93. The molecule has 0 aliphatic rings. The van der Waals surface area contributed by atoms with Gasteiger partial charge in [-0.1, -0.05) is 0 Å². The second kappa shape index (κ2) is 3.48. The molecule has 0 spiro atoms. The highest BCUT2D eigenvalue weighted by Gasteiger charge is 1.99. The van der Waals surface area contributed by atoms with Crippen molar-refractivity contribution in [3.05, 3.63) is 28.5 Å². The van der Waals surface area contributed by atoms with E-state index in [2.05, 4.69) is 20.9 Å². The van der Waals surface area contributed by atoms with Crippen molar-refractivity contribution in [2.45, 2.75) is 6.42 Å². The third kappa shape index (κ3) is 2.31. The molecule has 0 saturated heterocycles. The molecular weight excluding hydrogens is 206 g/mol. The number of hydrogen-bond acceptors (Lipinski definition) is 2. The molecule has 0 saturated carbocycles. The van der Waals surface area contributed by atoms with E-state index in [4.69, 9.17) is 11.1 Å². The maximum absolute atomic E-state index is 7.06. The summed E-state index contributed by atoms with van der Waals surface area (Å²) in [6.07, 6.45) is 3.85. The van der Waals surface area contributed by atoms with Gasteiger partial charge >= 0.3 is 0 Å². The van der Waals surface area contributed by atoms with Crippen molar-refractivity contribution in [3.8, 4) is 0 Å². The minimum absolute atomic E-state index is 0.164. The number of nitrogens with one attached hydrogen (secondary N) is 1. The molecule has 3 N–H and O–H groups in total. The van der Waals surface area contributed by atoms with E-state index in [9.17, 15) is 0 Å². The molecule has 4 heteroatoms. The quantitative estimate of drug-likeness (QED) is 0.576. The molecule has 1 aromatic rings. The Kier molecular flexibility index (Phi) is 2.59. The highest BCUT2D eigenvalue weighted by atomic mass is 79.9. The Morgan fingerprint density at radius 2 is 2.45 bits per heavy atom. The van der Waals surface area contributed by atoms with Crippen LogP contribution in [0.3, 0.4) is 0 Å². The highest BCUT2D eigenvalue weighted by molar-refractivity contribution is 9.10. The van der Waals surface area contributed by atoms with Crippen molar-refractivity contribution in [1.29, 1.82) is 5.41 Å². The molecular formula is C7H8BrN3. The number of amidine groups is 1. The first kappa shape index (κ1) is 8.20. The summed E-state index contributed by atoms with van der Waals surface area (Å²) in [5.74, 6) is 0.164. The van der Waals surface area contributed by atoms with Gasteiger partial charge in [0, 0.05) is 23.3 Å². The zero-order chi connectivity index (χ0) is 8.27. The lowest BCUT2D eigenvalue weighted by Gasteiger charge is -2.00. The van der Waals surface area contributed by atoms with Gasteiger partial charge in [-0.05, 0) is 27.6 Å². The Hall–Kier alpha value is -0.900. The standard InChI is InChI=1S/C7H8BrN3/c8-6-4-11-2-1-5(6)3-7(9)10/h1-2,4H,3H2,(H3,9,10). The zero-order valence-corrected chi connectivity index (χ0v) is 7.43. The van der Waals surface area contributed by atoms with Crippen LogP contribution in [-0.2, 0) is 6.42 Å². The van der Waals surface area contributed by atoms with Gasteiger partial charge in [0.2, 0.25) is 0 Å². The summed E-state index contributed by atoms with van der Waals surface area (Å²) in [4.78, 5) is 3.89. The highest BCUT2D eigenvalue weighted by Crippen LogP contribution is 2.14. The Morgan fingerprint density at radius 3 is 3.00 bits per heavy atom. The summed E-state index contributed by atoms with van der Waals surface area (Å²) < 4.78 is 0.898. The first-order valence-electron chi connectivity index (χ1n) is 3.11. The second-order valence-electron chi connectivity index (χ2n) is 2.17. The van der Waals surface area contributed by atoms with Crippen molar-refractivity contribution in [3.63, 3.8) is 0 Å². The van der Waals surface area contributed by atoms with E-state index in [1.54, 1.807) is 12.4 Å². The number of aromatic nitrogens is 1. The van der Waals surface area contributed by atoms with E-state index in [1.165, 1.54) is 0 Å². The first-order chi connectivity index (χ1) is 5.20. The van der Waals surface area contributed by atoms with Gasteiger partial charge in [-0.2, -0.15) is 0 Å². The molecule has 1 rings (SSSR count). The summed E-state index contributed by atoms with van der Waals surface area (Å²) in [5.41, 5.74) is 6.23. The van der Waals surface area contributed by atoms with E-state index in [0.717, 1.165) is 10.0 Å². The van der Waals surface area contributed by atoms with Crippen molar-refractivity contribution in [2.24, 2.45) is 5.73 Å². The van der Waals surface area contributed by atoms with Crippen molar-refractivity contribution in [1.82, 2.24) is 4.98 Å². The van der Waals surface area contributed by atoms with Gasteiger partial charge in [0.1, 0.15) is 0 Å². The molecule has 58 valence electrons. The van der Waals surface area contributed by atoms with Gasteiger partial charge < -0.3 is 5.73 Å². The Bertz CT molecular complexity index is 272. The summed E-state index contributed by atoms with van der Waals surface area (Å²) in [6, 6.07) is 1.84. The van der Waals surface area contributed by atoms with E-state index in [0.29, 0.717) is 6.42 Å². The molecule has 0 aliphatic heterocycles. The van der Waals surface area contributed by atoms with Crippen LogP contribution >= 0.6 is 15.9 Å². The number of hydrogen-bond donors (Lipinski definition) is 2. The SMILES string of the molecule is N=C(N)Cc1ccncc1Br. The summed E-state index contributed by atoms with van der Waals surface area (Å²) in [7, 11) is 0. The number of rotatable bonds is 2. The predicted molar refractivity (Wildman–Crippen MR) is 47.6 cm³/mol. The van der Waals surface area contributed by atoms with Crippen LogP contribution in [0, 0.1) is 5.41 Å². The summed E-state index contributed by atoms with van der Waals surface area (Å²) in [6.45, 7) is 0. The zero-order valence-electron chi connectivity index (χ0n) is 5.84. The van der Waals surface area contributed by atoms with Crippen molar-refractivity contribution < 1.29 is 0 Å². The fourth-order valence-electron chi connectivity index (χ4n) is 0.753. The number of nitrogens with two attached hydrogens (primary N) is 1. The fraction of sp³-hybridized carbons (Fsp3) is 0.143. The Labute approximate surface area is 73.3 Å². The lowest BCUT2D eigenvalue weighted by atomic mass is 10.2. The van der Waals surface area contributed by atoms with Crippen LogP contribution in [-0.4, -0.2) is 10.8 Å². The van der Waals surface area contributed by atoms with E-state index in [1.807, 2.05) is 6.07 Å². The fourth-order valence-corrected chi connectivity index (χ4v) is 1.14. The van der Waals surface area contributed by atoms with Gasteiger partial charge in [0.15, 0.2) is 0 Å². The van der Waals surface area contributed by atoms with Crippen molar-refractivity contribution in [2.75, 3.05) is 0 Å². The van der Waals surface area contributed by atoms with Crippen LogP contribution in [0.25, 0.3) is 0 Å². The molecule has 11 heavy (non-hydrogen) atoms. The molecule has 0 atom stereocenters. The van der Waals surface area contributed by atoms with Crippen LogP contribution in [0.15, 0.2) is 22.9 Å². The third-order valence-corrected chi connectivity index (χ3v) is 1.95. The summed E-state index contributed by atoms with van der Waals surface area (Å²) in [5, 5.41) is 7.06. The largest absolute Gasteiger partial charge is 0.387 e. The van der Waals surface area contributed by atoms with E-state index in [-0.39, 0.29) is 5.84 Å². The van der Waals surface area contributed by atoms with Crippen LogP contribution < -0.4 is 5.73 Å². The molecule has 0 aliphatic carbocycles. The second-order valence-corrected chi connectivity index (χ2v) is 3.02. The molecule has 0 bridgehead atoms. The minimum Gasteiger partial charge on any atom is -0.387 e. The van der Waals surface area contributed by atoms with E-state index < -0.39 is 0 Å². The topological polar surface area (TPSA) is 62.8 Å². The van der Waals surface area contributed by atoms with Crippen LogP contribution in [0.4, 0.5) is 0 Å². The minimum atomic E-state index is 0.164. The number of nitrogens with zero attached hydrogens (tertiary/aromatic N) is 1. The van der Waals surface area contributed by atoms with Crippen LogP contribution in [0.5, 0.6) is 0 Å². The van der Waals surface area contributed by atoms with Gasteiger partial charge in [-0.15, -0.1) is 0 Å². The number of pyridine rings is 1. The number of halogens is 1. The maximum Gasteiger partial charge on any atom is 0.0950 e. The van der Waals surface area contributed by atoms with Crippen molar-refractivity contribution >= 4 is 21.8 Å². The average molecular weight is 214 g/mol. The van der Waals surface area contributed by atoms with Crippen LogP contribution in [0.2, 0.25) is 0 Å². The summed E-state index contributed by atoms with van der Waals surface area (Å²) >= 11 is 3.31. The Balaban J connectivity index is 2.86. The first-order valence-corrected chi connectivity index (χ1v) is 3.90. The molecule has 3 nitrogen and oxygen atoms in total. The monoisotopic (exact) mass is 213 g/mol. The van der Waals surface area contributed by atoms with Gasteiger partial charge in [0.25, 0.3) is 0 Å². The van der Waals surface area contributed by atoms with Gasteiger partial charge in [0.05, 0.1) is 5.84 Å². The molecule has 0 aromatic carbocycles. The normalized spacial score (nSPS) is 9.55. The molecule has 0 unspecified atom stereocenters. The predicted octanol–water partition coefficient (Wildman–Crippen LogP) is 1.32. The smallest absolute Gasteiger partial charge is 0.0950 e. The van der Waals surface area contributed by atoms with E-state index >= 15 is 0 Å².